The molecule has 1 heteroatoms. The maximum Gasteiger partial charge on any atom is 0.00172 e. The first kappa shape index (κ1) is 10.3. The van der Waals surface area contributed by atoms with Crippen molar-refractivity contribution >= 4 is 0 Å². The van der Waals surface area contributed by atoms with Gasteiger partial charge in [-0.1, -0.05) is 24.3 Å². The van der Waals surface area contributed by atoms with Gasteiger partial charge in [-0.05, 0) is 61.6 Å². The molecule has 0 aliphatic heterocycles. The van der Waals surface area contributed by atoms with E-state index in [2.05, 4.69) is 36.6 Å². The largest absolute Gasteiger partial charge is 0.319 e. The van der Waals surface area contributed by atoms with Gasteiger partial charge in [0.25, 0.3) is 0 Å². The normalized spacial score (nSPS) is 28.8. The van der Waals surface area contributed by atoms with Crippen molar-refractivity contribution in [3.05, 3.63) is 35.4 Å². The summed E-state index contributed by atoms with van der Waals surface area (Å²) < 4.78 is 0. The zero-order valence-corrected chi connectivity index (χ0v) is 10.1. The van der Waals surface area contributed by atoms with Crippen LogP contribution in [0, 0.1) is 5.92 Å². The van der Waals surface area contributed by atoms with E-state index in [0.717, 1.165) is 24.3 Å². The molecule has 1 aromatic carbocycles. The molecule has 2 aliphatic rings. The van der Waals surface area contributed by atoms with Gasteiger partial charge in [0.2, 0.25) is 0 Å². The van der Waals surface area contributed by atoms with E-state index in [4.69, 9.17) is 0 Å². The van der Waals surface area contributed by atoms with Crippen molar-refractivity contribution in [1.82, 2.24) is 5.32 Å². The molecule has 0 bridgehead atoms. The Kier molecular flexibility index (Phi) is 2.72. The third-order valence-corrected chi connectivity index (χ3v) is 4.30. The molecular weight excluding hydrogens is 194 g/mol. The average molecular weight is 215 g/mol. The van der Waals surface area contributed by atoms with Crippen LogP contribution in [0.3, 0.4) is 0 Å². The van der Waals surface area contributed by atoms with Gasteiger partial charge in [0, 0.05) is 6.54 Å². The molecule has 0 amide bonds. The molecule has 0 radical (unpaired) electrons. The predicted molar refractivity (Wildman–Crippen MR) is 67.8 cm³/mol. The molecule has 0 heterocycles. The second kappa shape index (κ2) is 4.21. The number of rotatable bonds is 3. The van der Waals surface area contributed by atoms with Gasteiger partial charge in [-0.15, -0.1) is 0 Å². The fourth-order valence-electron chi connectivity index (χ4n) is 3.36. The fourth-order valence-corrected chi connectivity index (χ4v) is 3.36. The highest BCUT2D eigenvalue weighted by molar-refractivity contribution is 5.37. The molecule has 1 saturated carbocycles. The lowest BCUT2D eigenvalue weighted by Gasteiger charge is -2.31. The lowest BCUT2D eigenvalue weighted by atomic mass is 9.75. The first-order chi connectivity index (χ1) is 7.90. The lowest BCUT2D eigenvalue weighted by molar-refractivity contribution is 0.441. The minimum atomic E-state index is 0.746. The van der Waals surface area contributed by atoms with Crippen LogP contribution in [0.15, 0.2) is 24.3 Å². The number of likely N-dealkylation sites (N-methyl/N-ethyl adjacent to an activating group) is 1. The van der Waals surface area contributed by atoms with E-state index in [1.54, 1.807) is 11.1 Å². The summed E-state index contributed by atoms with van der Waals surface area (Å²) in [5, 5.41) is 3.34. The fraction of sp³-hybridized carbons (Fsp3) is 0.600. The maximum atomic E-state index is 3.34. The van der Waals surface area contributed by atoms with Gasteiger partial charge in [0.05, 0.1) is 0 Å². The average Bonchev–Trinajstić information content (AvgIpc) is 3.14. The van der Waals surface area contributed by atoms with Crippen LogP contribution < -0.4 is 5.32 Å². The van der Waals surface area contributed by atoms with E-state index < -0.39 is 0 Å². The molecule has 2 atom stereocenters. The Bertz CT molecular complexity index is 367. The quantitative estimate of drug-likeness (QED) is 0.816. The summed E-state index contributed by atoms with van der Waals surface area (Å²) in [6, 6.07) is 9.15. The highest BCUT2D eigenvalue weighted by Crippen LogP contribution is 2.50. The van der Waals surface area contributed by atoms with Gasteiger partial charge in [0.1, 0.15) is 0 Å². The summed E-state index contributed by atoms with van der Waals surface area (Å²) in [5.41, 5.74) is 3.29. The number of benzene rings is 1. The van der Waals surface area contributed by atoms with Gasteiger partial charge in [-0.3, -0.25) is 0 Å². The zero-order valence-electron chi connectivity index (χ0n) is 10.1. The van der Waals surface area contributed by atoms with E-state index in [1.165, 1.54) is 25.7 Å². The Balaban J connectivity index is 1.92. The van der Waals surface area contributed by atoms with E-state index in [1.807, 2.05) is 0 Å². The molecule has 2 aliphatic carbocycles. The van der Waals surface area contributed by atoms with Crippen LogP contribution in [0.5, 0.6) is 0 Å². The zero-order chi connectivity index (χ0) is 11.0. The van der Waals surface area contributed by atoms with Gasteiger partial charge in [-0.2, -0.15) is 0 Å². The molecule has 0 spiro atoms. The summed E-state index contributed by atoms with van der Waals surface area (Å²) in [6.45, 7) is 1.13. The summed E-state index contributed by atoms with van der Waals surface area (Å²) in [4.78, 5) is 0. The Labute approximate surface area is 98.3 Å². The first-order valence-corrected chi connectivity index (χ1v) is 6.63. The third kappa shape index (κ3) is 1.78. The topological polar surface area (TPSA) is 12.0 Å². The summed E-state index contributed by atoms with van der Waals surface area (Å²) >= 11 is 0. The van der Waals surface area contributed by atoms with Crippen LogP contribution in [0.4, 0.5) is 0 Å². The number of fused-ring (bicyclic) bond motifs is 1. The smallest absolute Gasteiger partial charge is 0.00172 e. The minimum absolute atomic E-state index is 0.746. The van der Waals surface area contributed by atoms with Crippen LogP contribution in [0.2, 0.25) is 0 Å². The Morgan fingerprint density at radius 3 is 2.50 bits per heavy atom. The minimum Gasteiger partial charge on any atom is -0.319 e. The van der Waals surface area contributed by atoms with Crippen molar-refractivity contribution < 1.29 is 0 Å². The highest BCUT2D eigenvalue weighted by atomic mass is 14.8. The van der Waals surface area contributed by atoms with Gasteiger partial charge < -0.3 is 5.32 Å². The summed E-state index contributed by atoms with van der Waals surface area (Å²) in [7, 11) is 2.07. The van der Waals surface area contributed by atoms with E-state index in [9.17, 15) is 0 Å². The van der Waals surface area contributed by atoms with Crippen LogP contribution in [0.25, 0.3) is 0 Å². The summed E-state index contributed by atoms with van der Waals surface area (Å²) in [6.07, 6.45) is 5.72. The van der Waals surface area contributed by atoms with E-state index in [0.29, 0.717) is 0 Å². The molecule has 1 nitrogen and oxygen atoms in total. The van der Waals surface area contributed by atoms with Crippen molar-refractivity contribution in [3.63, 3.8) is 0 Å². The van der Waals surface area contributed by atoms with Crippen molar-refractivity contribution in [2.24, 2.45) is 5.92 Å². The second-order valence-electron chi connectivity index (χ2n) is 5.40. The van der Waals surface area contributed by atoms with Crippen LogP contribution in [0.1, 0.15) is 48.6 Å². The summed E-state index contributed by atoms with van der Waals surface area (Å²) in [5.74, 6) is 2.64. The third-order valence-electron chi connectivity index (χ3n) is 4.30. The monoisotopic (exact) mass is 215 g/mol. The van der Waals surface area contributed by atoms with Crippen molar-refractivity contribution in [2.45, 2.75) is 37.5 Å². The highest BCUT2D eigenvalue weighted by Gasteiger charge is 2.36. The molecule has 16 heavy (non-hydrogen) atoms. The molecule has 1 aromatic rings. The Morgan fingerprint density at radius 1 is 1.06 bits per heavy atom. The van der Waals surface area contributed by atoms with Gasteiger partial charge in [0.15, 0.2) is 0 Å². The number of nitrogens with one attached hydrogen (secondary N) is 1. The SMILES string of the molecule is CNCC1CCC(C2CC2)c2ccccc21. The molecule has 1 N–H and O–H groups in total. The standard InChI is InChI=1S/C15H21N/c1-16-10-12-8-9-14(11-6-7-11)15-5-3-2-4-13(12)15/h2-5,11-12,14,16H,6-10H2,1H3. The van der Waals surface area contributed by atoms with Crippen LogP contribution >= 0.6 is 0 Å². The number of hydrogen-bond acceptors (Lipinski definition) is 1. The Morgan fingerprint density at radius 2 is 1.81 bits per heavy atom. The lowest BCUT2D eigenvalue weighted by Crippen LogP contribution is -2.23. The molecular formula is C15H21N. The van der Waals surface area contributed by atoms with E-state index >= 15 is 0 Å². The van der Waals surface area contributed by atoms with Crippen molar-refractivity contribution in [2.75, 3.05) is 13.6 Å². The van der Waals surface area contributed by atoms with Gasteiger partial charge in [-0.25, -0.2) is 0 Å². The van der Waals surface area contributed by atoms with Gasteiger partial charge >= 0.3 is 0 Å². The molecule has 0 saturated heterocycles. The van der Waals surface area contributed by atoms with Crippen LogP contribution in [-0.4, -0.2) is 13.6 Å². The van der Waals surface area contributed by atoms with Crippen molar-refractivity contribution in [3.8, 4) is 0 Å². The number of hydrogen-bond donors (Lipinski definition) is 1. The van der Waals surface area contributed by atoms with E-state index in [-0.39, 0.29) is 0 Å². The molecule has 1 fully saturated rings. The maximum absolute atomic E-state index is 3.34. The molecule has 3 rings (SSSR count). The molecule has 0 aromatic heterocycles. The second-order valence-corrected chi connectivity index (χ2v) is 5.40. The molecule has 2 unspecified atom stereocenters. The Hall–Kier alpha value is -0.820. The molecule has 86 valence electrons. The van der Waals surface area contributed by atoms with Crippen LogP contribution in [-0.2, 0) is 0 Å². The predicted octanol–water partition coefficient (Wildman–Crippen LogP) is 3.28. The van der Waals surface area contributed by atoms with Crippen molar-refractivity contribution in [1.29, 1.82) is 0 Å². The first-order valence-electron chi connectivity index (χ1n) is 6.63.